The van der Waals surface area contributed by atoms with Crippen molar-refractivity contribution in [1.82, 2.24) is 4.90 Å². The molecule has 0 saturated heterocycles. The van der Waals surface area contributed by atoms with Crippen molar-refractivity contribution in [3.8, 4) is 5.75 Å². The average Bonchev–Trinajstić information content (AvgIpc) is 2.56. The van der Waals surface area contributed by atoms with E-state index in [4.69, 9.17) is 4.74 Å². The van der Waals surface area contributed by atoms with Gasteiger partial charge < -0.3 is 9.64 Å². The van der Waals surface area contributed by atoms with Gasteiger partial charge >= 0.3 is 0 Å². The van der Waals surface area contributed by atoms with E-state index in [0.717, 1.165) is 4.47 Å². The van der Waals surface area contributed by atoms with Gasteiger partial charge in [0.1, 0.15) is 12.4 Å². The van der Waals surface area contributed by atoms with Crippen LogP contribution in [0.1, 0.15) is 10.4 Å². The van der Waals surface area contributed by atoms with Gasteiger partial charge in [-0.3, -0.25) is 14.9 Å². The summed E-state index contributed by atoms with van der Waals surface area (Å²) in [4.78, 5) is 24.0. The molecule has 2 aromatic rings. The molecule has 0 heterocycles. The van der Waals surface area contributed by atoms with Crippen LogP contribution in [0.15, 0.2) is 53.0 Å². The number of amides is 1. The smallest absolute Gasteiger partial charge is 0.270 e. The number of hydrogen-bond donors (Lipinski definition) is 0. The summed E-state index contributed by atoms with van der Waals surface area (Å²) in [5.41, 5.74) is 0.181. The van der Waals surface area contributed by atoms with Crippen molar-refractivity contribution >= 4 is 27.5 Å². The Labute approximate surface area is 142 Å². The summed E-state index contributed by atoms with van der Waals surface area (Å²) in [7, 11) is 1.63. The quantitative estimate of drug-likeness (QED) is 0.569. The first-order chi connectivity index (χ1) is 11.0. The van der Waals surface area contributed by atoms with Crippen LogP contribution in [0.2, 0.25) is 0 Å². The normalized spacial score (nSPS) is 10.2. The fraction of sp³-hybridized carbons (Fsp3) is 0.188. The maximum absolute atomic E-state index is 12.2. The Bertz CT molecular complexity index is 703. The summed E-state index contributed by atoms with van der Waals surface area (Å²) >= 11 is 3.34. The third-order valence-electron chi connectivity index (χ3n) is 3.16. The highest BCUT2D eigenvalue weighted by molar-refractivity contribution is 9.10. The molecule has 0 aliphatic rings. The molecule has 7 heteroatoms. The van der Waals surface area contributed by atoms with Gasteiger partial charge in [0.15, 0.2) is 0 Å². The minimum absolute atomic E-state index is 0.102. The standard InChI is InChI=1S/C16H15BrN2O4/c1-18(9-10-23-15-7-5-13(17)6-8-15)16(20)12-3-2-4-14(11-12)19(21)22/h2-8,11H,9-10H2,1H3. The topological polar surface area (TPSA) is 72.7 Å². The first-order valence-electron chi connectivity index (χ1n) is 6.85. The van der Waals surface area contributed by atoms with Gasteiger partial charge in [0.25, 0.3) is 11.6 Å². The third kappa shape index (κ3) is 4.79. The van der Waals surface area contributed by atoms with E-state index in [2.05, 4.69) is 15.9 Å². The van der Waals surface area contributed by atoms with E-state index in [-0.39, 0.29) is 17.2 Å². The molecule has 0 N–H and O–H groups in total. The SMILES string of the molecule is CN(CCOc1ccc(Br)cc1)C(=O)c1cccc([N+](=O)[O-])c1. The zero-order valence-electron chi connectivity index (χ0n) is 12.4. The van der Waals surface area contributed by atoms with E-state index in [9.17, 15) is 14.9 Å². The van der Waals surface area contributed by atoms with Gasteiger partial charge in [0, 0.05) is 29.2 Å². The van der Waals surface area contributed by atoms with E-state index in [1.165, 1.54) is 23.1 Å². The van der Waals surface area contributed by atoms with E-state index in [1.807, 2.05) is 24.3 Å². The molecule has 0 aromatic heterocycles. The maximum atomic E-state index is 12.2. The number of carbonyl (C=O) groups excluding carboxylic acids is 1. The predicted molar refractivity (Wildman–Crippen MR) is 89.7 cm³/mol. The first kappa shape index (κ1) is 17.0. The van der Waals surface area contributed by atoms with Gasteiger partial charge in [0.05, 0.1) is 11.5 Å². The number of benzene rings is 2. The van der Waals surface area contributed by atoms with Gasteiger partial charge in [0.2, 0.25) is 0 Å². The van der Waals surface area contributed by atoms with Crippen molar-refractivity contribution in [3.63, 3.8) is 0 Å². The Hall–Kier alpha value is -2.41. The van der Waals surface area contributed by atoms with Crippen molar-refractivity contribution < 1.29 is 14.5 Å². The van der Waals surface area contributed by atoms with E-state index in [1.54, 1.807) is 13.1 Å². The average molecular weight is 379 g/mol. The number of hydrogen-bond acceptors (Lipinski definition) is 4. The molecule has 1 amide bonds. The maximum Gasteiger partial charge on any atom is 0.270 e. The van der Waals surface area contributed by atoms with Crippen LogP contribution in [-0.2, 0) is 0 Å². The molecule has 23 heavy (non-hydrogen) atoms. The van der Waals surface area contributed by atoms with Crippen molar-refractivity contribution in [2.45, 2.75) is 0 Å². The van der Waals surface area contributed by atoms with Crippen molar-refractivity contribution in [2.75, 3.05) is 20.2 Å². The Kier molecular flexibility index (Phi) is 5.70. The summed E-state index contributed by atoms with van der Waals surface area (Å²) in [6, 6.07) is 13.1. The second-order valence-electron chi connectivity index (χ2n) is 4.84. The van der Waals surface area contributed by atoms with E-state index >= 15 is 0 Å². The second-order valence-corrected chi connectivity index (χ2v) is 5.75. The monoisotopic (exact) mass is 378 g/mol. The number of nitrogens with zero attached hydrogens (tertiary/aromatic N) is 2. The number of nitro groups is 1. The lowest BCUT2D eigenvalue weighted by molar-refractivity contribution is -0.384. The first-order valence-corrected chi connectivity index (χ1v) is 7.65. The molecular formula is C16H15BrN2O4. The van der Waals surface area contributed by atoms with Crippen molar-refractivity contribution in [1.29, 1.82) is 0 Å². The fourth-order valence-corrected chi connectivity index (χ4v) is 2.17. The highest BCUT2D eigenvalue weighted by Crippen LogP contribution is 2.16. The minimum Gasteiger partial charge on any atom is -0.492 e. The van der Waals surface area contributed by atoms with E-state index < -0.39 is 4.92 Å². The lowest BCUT2D eigenvalue weighted by atomic mass is 10.2. The van der Waals surface area contributed by atoms with Crippen molar-refractivity contribution in [2.24, 2.45) is 0 Å². The number of nitro benzene ring substituents is 1. The third-order valence-corrected chi connectivity index (χ3v) is 3.69. The summed E-state index contributed by atoms with van der Waals surface area (Å²) in [6.45, 7) is 0.705. The molecule has 120 valence electrons. The number of halogens is 1. The molecule has 2 rings (SSSR count). The van der Waals surface area contributed by atoms with Crippen LogP contribution in [0.25, 0.3) is 0 Å². The van der Waals surface area contributed by atoms with Crippen LogP contribution in [0.4, 0.5) is 5.69 Å². The van der Waals surface area contributed by atoms with Crippen LogP contribution in [0, 0.1) is 10.1 Å². The molecule has 0 aliphatic heterocycles. The van der Waals surface area contributed by atoms with Gasteiger partial charge in [-0.15, -0.1) is 0 Å². The predicted octanol–water partition coefficient (Wildman–Crippen LogP) is 3.51. The molecule has 6 nitrogen and oxygen atoms in total. The molecule has 0 saturated carbocycles. The van der Waals surface area contributed by atoms with Crippen LogP contribution in [-0.4, -0.2) is 35.9 Å². The fourth-order valence-electron chi connectivity index (χ4n) is 1.91. The number of rotatable bonds is 6. The van der Waals surface area contributed by atoms with Gasteiger partial charge in [-0.25, -0.2) is 0 Å². The highest BCUT2D eigenvalue weighted by Gasteiger charge is 2.15. The zero-order chi connectivity index (χ0) is 16.8. The number of non-ortho nitro benzene ring substituents is 1. The molecule has 0 unspecified atom stereocenters. The Morgan fingerprint density at radius 2 is 1.96 bits per heavy atom. The second kappa shape index (κ2) is 7.73. The molecule has 0 atom stereocenters. The van der Waals surface area contributed by atoms with E-state index in [0.29, 0.717) is 18.9 Å². The molecule has 0 spiro atoms. The van der Waals surface area contributed by atoms with Gasteiger partial charge in [-0.05, 0) is 30.3 Å². The number of ether oxygens (including phenoxy) is 1. The lowest BCUT2D eigenvalue weighted by Gasteiger charge is -2.17. The molecule has 0 aliphatic carbocycles. The largest absolute Gasteiger partial charge is 0.492 e. The number of carbonyl (C=O) groups is 1. The summed E-state index contributed by atoms with van der Waals surface area (Å²) in [6.07, 6.45) is 0. The highest BCUT2D eigenvalue weighted by atomic mass is 79.9. The van der Waals surface area contributed by atoms with Gasteiger partial charge in [-0.1, -0.05) is 22.0 Å². The minimum atomic E-state index is -0.520. The lowest BCUT2D eigenvalue weighted by Crippen LogP contribution is -2.30. The Balaban J connectivity index is 1.91. The molecule has 0 bridgehead atoms. The Morgan fingerprint density at radius 1 is 1.26 bits per heavy atom. The molecule has 2 aromatic carbocycles. The molecular weight excluding hydrogens is 364 g/mol. The van der Waals surface area contributed by atoms with Crippen LogP contribution in [0.5, 0.6) is 5.75 Å². The van der Waals surface area contributed by atoms with Crippen molar-refractivity contribution in [3.05, 3.63) is 68.7 Å². The molecule has 0 radical (unpaired) electrons. The van der Waals surface area contributed by atoms with Crippen LogP contribution in [0.3, 0.4) is 0 Å². The van der Waals surface area contributed by atoms with Crippen LogP contribution >= 0.6 is 15.9 Å². The molecule has 0 fully saturated rings. The summed E-state index contributed by atoms with van der Waals surface area (Å²) in [5, 5.41) is 10.8. The summed E-state index contributed by atoms with van der Waals surface area (Å²) < 4.78 is 6.52. The summed E-state index contributed by atoms with van der Waals surface area (Å²) in [5.74, 6) is 0.428. The zero-order valence-corrected chi connectivity index (χ0v) is 14.0. The van der Waals surface area contributed by atoms with Crippen LogP contribution < -0.4 is 4.74 Å². The Morgan fingerprint density at radius 3 is 2.61 bits per heavy atom. The van der Waals surface area contributed by atoms with Gasteiger partial charge in [-0.2, -0.15) is 0 Å². The number of likely N-dealkylation sites (N-methyl/N-ethyl adjacent to an activating group) is 1.